The zero-order valence-corrected chi connectivity index (χ0v) is 13.2. The van der Waals surface area contributed by atoms with E-state index in [2.05, 4.69) is 30.2 Å². The Bertz CT molecular complexity index is 580. The van der Waals surface area contributed by atoms with Gasteiger partial charge in [-0.2, -0.15) is 0 Å². The van der Waals surface area contributed by atoms with Crippen LogP contribution in [-0.4, -0.2) is 19.5 Å². The van der Waals surface area contributed by atoms with E-state index < -0.39 is 0 Å². The van der Waals surface area contributed by atoms with Crippen molar-refractivity contribution < 1.29 is 4.79 Å². The van der Waals surface area contributed by atoms with Gasteiger partial charge in [-0.1, -0.05) is 41.5 Å². The molecule has 1 saturated heterocycles. The molecule has 1 amide bonds. The number of nitrogens with one attached hydrogen (secondary N) is 2. The quantitative estimate of drug-likeness (QED) is 0.643. The minimum Gasteiger partial charge on any atom is -0.328 e. The standard InChI is InChI=1S/C17H21ClN2O/c1-11(2)6-12(3)15-8-19-9-16(15)14-5-4-13(18)7-17(14)20-10-21/h4-7,10,15-16,19H,1,8-9H2,2-3H3,(H,20,21)/b12-6+. The Kier molecular flexibility index (Phi) is 5.21. The summed E-state index contributed by atoms with van der Waals surface area (Å²) >= 11 is 6.03. The van der Waals surface area contributed by atoms with Crippen LogP contribution in [0.4, 0.5) is 5.69 Å². The van der Waals surface area contributed by atoms with Crippen LogP contribution < -0.4 is 10.6 Å². The lowest BCUT2D eigenvalue weighted by Gasteiger charge is -2.22. The number of carbonyl (C=O) groups excluding carboxylic acids is 1. The molecule has 3 nitrogen and oxygen atoms in total. The van der Waals surface area contributed by atoms with Gasteiger partial charge in [0.15, 0.2) is 0 Å². The Hall–Kier alpha value is -1.58. The summed E-state index contributed by atoms with van der Waals surface area (Å²) < 4.78 is 0. The Labute approximate surface area is 131 Å². The van der Waals surface area contributed by atoms with Crippen LogP contribution in [0.3, 0.4) is 0 Å². The van der Waals surface area contributed by atoms with Crippen LogP contribution in [0, 0.1) is 5.92 Å². The summed E-state index contributed by atoms with van der Waals surface area (Å²) in [6, 6.07) is 5.69. The summed E-state index contributed by atoms with van der Waals surface area (Å²) in [6.07, 6.45) is 2.83. The molecule has 0 aliphatic carbocycles. The van der Waals surface area contributed by atoms with Crippen molar-refractivity contribution in [1.29, 1.82) is 0 Å². The summed E-state index contributed by atoms with van der Waals surface area (Å²) in [7, 11) is 0. The average molecular weight is 305 g/mol. The molecule has 1 aromatic rings. The predicted molar refractivity (Wildman–Crippen MR) is 88.8 cm³/mol. The van der Waals surface area contributed by atoms with Gasteiger partial charge in [0.25, 0.3) is 0 Å². The number of rotatable bonds is 5. The monoisotopic (exact) mass is 304 g/mol. The van der Waals surface area contributed by atoms with Crippen LogP contribution in [0.1, 0.15) is 25.3 Å². The normalized spacial score (nSPS) is 22.1. The lowest BCUT2D eigenvalue weighted by molar-refractivity contribution is -0.105. The Morgan fingerprint density at radius 3 is 2.86 bits per heavy atom. The van der Waals surface area contributed by atoms with Crippen molar-refractivity contribution in [2.75, 3.05) is 18.4 Å². The highest BCUT2D eigenvalue weighted by Crippen LogP contribution is 2.37. The van der Waals surface area contributed by atoms with E-state index in [9.17, 15) is 4.79 Å². The van der Waals surface area contributed by atoms with E-state index in [0.717, 1.165) is 29.9 Å². The second-order valence-electron chi connectivity index (χ2n) is 5.60. The predicted octanol–water partition coefficient (Wildman–Crippen LogP) is 3.73. The Morgan fingerprint density at radius 1 is 1.43 bits per heavy atom. The number of amides is 1. The van der Waals surface area contributed by atoms with Gasteiger partial charge in [0, 0.05) is 35.6 Å². The molecule has 112 valence electrons. The third-order valence-corrected chi connectivity index (χ3v) is 4.14. The third-order valence-electron chi connectivity index (χ3n) is 3.90. The summed E-state index contributed by atoms with van der Waals surface area (Å²) in [4.78, 5) is 10.8. The number of halogens is 1. The first kappa shape index (κ1) is 15.8. The van der Waals surface area contributed by atoms with E-state index in [0.29, 0.717) is 23.3 Å². The molecule has 0 saturated carbocycles. The molecule has 1 heterocycles. The minimum absolute atomic E-state index is 0.320. The van der Waals surface area contributed by atoms with E-state index in [1.165, 1.54) is 5.57 Å². The van der Waals surface area contributed by atoms with Gasteiger partial charge in [-0.05, 0) is 31.5 Å². The number of benzene rings is 1. The maximum Gasteiger partial charge on any atom is 0.211 e. The fraction of sp³-hybridized carbons (Fsp3) is 0.353. The van der Waals surface area contributed by atoms with E-state index in [1.807, 2.05) is 19.1 Å². The van der Waals surface area contributed by atoms with E-state index in [-0.39, 0.29) is 0 Å². The van der Waals surface area contributed by atoms with Crippen molar-refractivity contribution >= 4 is 23.7 Å². The zero-order valence-electron chi connectivity index (χ0n) is 12.4. The molecule has 21 heavy (non-hydrogen) atoms. The summed E-state index contributed by atoms with van der Waals surface area (Å²) in [5.41, 5.74) is 4.28. The number of hydrogen-bond acceptors (Lipinski definition) is 2. The van der Waals surface area contributed by atoms with Crippen molar-refractivity contribution in [2.45, 2.75) is 19.8 Å². The van der Waals surface area contributed by atoms with Crippen molar-refractivity contribution in [1.82, 2.24) is 5.32 Å². The van der Waals surface area contributed by atoms with Crippen LogP contribution in [-0.2, 0) is 4.79 Å². The van der Waals surface area contributed by atoms with Gasteiger partial charge in [0.05, 0.1) is 0 Å². The lowest BCUT2D eigenvalue weighted by atomic mass is 9.83. The molecule has 0 radical (unpaired) electrons. The minimum atomic E-state index is 0.320. The molecule has 0 spiro atoms. The highest BCUT2D eigenvalue weighted by molar-refractivity contribution is 6.30. The van der Waals surface area contributed by atoms with E-state index >= 15 is 0 Å². The molecular weight excluding hydrogens is 284 g/mol. The second kappa shape index (κ2) is 6.92. The number of allylic oxidation sites excluding steroid dienone is 2. The van der Waals surface area contributed by atoms with Crippen molar-refractivity contribution in [3.63, 3.8) is 0 Å². The highest BCUT2D eigenvalue weighted by atomic mass is 35.5. The Morgan fingerprint density at radius 2 is 2.19 bits per heavy atom. The van der Waals surface area contributed by atoms with Gasteiger partial charge in [0.2, 0.25) is 6.41 Å². The van der Waals surface area contributed by atoms with Gasteiger partial charge in [-0.3, -0.25) is 4.79 Å². The van der Waals surface area contributed by atoms with Crippen molar-refractivity contribution in [2.24, 2.45) is 5.92 Å². The van der Waals surface area contributed by atoms with Gasteiger partial charge in [-0.25, -0.2) is 0 Å². The van der Waals surface area contributed by atoms with Crippen LogP contribution in [0.2, 0.25) is 5.02 Å². The van der Waals surface area contributed by atoms with Crippen LogP contribution in [0.25, 0.3) is 0 Å². The van der Waals surface area contributed by atoms with E-state index in [4.69, 9.17) is 11.6 Å². The average Bonchev–Trinajstić information content (AvgIpc) is 2.87. The molecular formula is C17H21ClN2O. The van der Waals surface area contributed by atoms with E-state index in [1.54, 1.807) is 6.07 Å². The van der Waals surface area contributed by atoms with Gasteiger partial charge < -0.3 is 10.6 Å². The number of carbonyl (C=O) groups is 1. The summed E-state index contributed by atoms with van der Waals surface area (Å²) in [5.74, 6) is 0.718. The SMILES string of the molecule is C=C(C)/C=C(\C)C1CNCC1c1ccc(Cl)cc1NC=O. The Balaban J connectivity index is 2.36. The summed E-state index contributed by atoms with van der Waals surface area (Å²) in [6.45, 7) is 9.92. The van der Waals surface area contributed by atoms with Gasteiger partial charge >= 0.3 is 0 Å². The highest BCUT2D eigenvalue weighted by Gasteiger charge is 2.31. The van der Waals surface area contributed by atoms with Crippen molar-refractivity contribution in [3.05, 3.63) is 52.6 Å². The molecule has 2 rings (SSSR count). The number of anilines is 1. The fourth-order valence-corrected chi connectivity index (χ4v) is 3.19. The molecule has 0 bridgehead atoms. The first-order valence-electron chi connectivity index (χ1n) is 7.07. The molecule has 1 aliphatic heterocycles. The number of hydrogen-bond donors (Lipinski definition) is 2. The first-order valence-corrected chi connectivity index (χ1v) is 7.44. The molecule has 2 unspecified atom stereocenters. The molecule has 1 fully saturated rings. The largest absolute Gasteiger partial charge is 0.328 e. The topological polar surface area (TPSA) is 41.1 Å². The van der Waals surface area contributed by atoms with Gasteiger partial charge in [-0.15, -0.1) is 0 Å². The van der Waals surface area contributed by atoms with Crippen molar-refractivity contribution in [3.8, 4) is 0 Å². The fourth-order valence-electron chi connectivity index (χ4n) is 3.02. The molecule has 1 aromatic carbocycles. The molecule has 0 aromatic heterocycles. The van der Waals surface area contributed by atoms with Crippen LogP contribution in [0.5, 0.6) is 0 Å². The second-order valence-corrected chi connectivity index (χ2v) is 6.04. The smallest absolute Gasteiger partial charge is 0.211 e. The van der Waals surface area contributed by atoms with Crippen LogP contribution >= 0.6 is 11.6 Å². The first-order chi connectivity index (χ1) is 10.0. The lowest BCUT2D eigenvalue weighted by Crippen LogP contribution is -2.14. The van der Waals surface area contributed by atoms with Gasteiger partial charge in [0.1, 0.15) is 0 Å². The molecule has 4 heteroatoms. The molecule has 2 N–H and O–H groups in total. The zero-order chi connectivity index (χ0) is 15.4. The van der Waals surface area contributed by atoms with Crippen LogP contribution in [0.15, 0.2) is 42.0 Å². The maximum atomic E-state index is 10.8. The third kappa shape index (κ3) is 3.74. The molecule has 1 aliphatic rings. The molecule has 2 atom stereocenters. The summed E-state index contributed by atoms with van der Waals surface area (Å²) in [5, 5.41) is 6.83. The maximum absolute atomic E-state index is 10.8.